The van der Waals surface area contributed by atoms with E-state index in [9.17, 15) is 9.90 Å². The number of rotatable bonds is 7. The molecule has 1 aliphatic rings. The van der Waals surface area contributed by atoms with Gasteiger partial charge in [0, 0.05) is 12.5 Å². The van der Waals surface area contributed by atoms with Gasteiger partial charge in [0.2, 0.25) is 0 Å². The van der Waals surface area contributed by atoms with Crippen LogP contribution in [0.2, 0.25) is 0 Å². The fraction of sp³-hybridized carbons (Fsp3) is 0.579. The molecule has 1 fully saturated rings. The lowest BCUT2D eigenvalue weighted by atomic mass is 9.79. The molecule has 0 bridgehead atoms. The Kier molecular flexibility index (Phi) is 5.66. The van der Waals surface area contributed by atoms with Gasteiger partial charge in [-0.2, -0.15) is 5.21 Å². The monoisotopic (exact) mass is 357 g/mol. The Hall–Kier alpha value is -2.28. The number of aryl methyl sites for hydroxylation is 1. The molecule has 0 saturated carbocycles. The normalized spacial score (nSPS) is 19.6. The molecule has 3 N–H and O–H groups in total. The summed E-state index contributed by atoms with van der Waals surface area (Å²) < 4.78 is 0. The number of tetrazole rings is 1. The molecule has 0 aliphatic carbocycles. The highest BCUT2D eigenvalue weighted by molar-refractivity contribution is 5.71. The molecule has 3 atom stereocenters. The molecule has 1 unspecified atom stereocenters. The maximum atomic E-state index is 11.9. The van der Waals surface area contributed by atoms with Crippen molar-refractivity contribution in [2.75, 3.05) is 13.1 Å². The van der Waals surface area contributed by atoms with Gasteiger partial charge < -0.3 is 10.4 Å². The zero-order chi connectivity index (χ0) is 18.7. The fourth-order valence-electron chi connectivity index (χ4n) is 4.12. The summed E-state index contributed by atoms with van der Waals surface area (Å²) in [6.45, 7) is 8.08. The molecule has 2 aromatic rings. The lowest BCUT2D eigenvalue weighted by molar-refractivity contribution is -0.144. The van der Waals surface area contributed by atoms with Crippen LogP contribution in [-0.2, 0) is 11.2 Å². The van der Waals surface area contributed by atoms with Crippen molar-refractivity contribution in [3.8, 4) is 0 Å². The summed E-state index contributed by atoms with van der Waals surface area (Å²) in [7, 11) is 0. The molecule has 1 aromatic heterocycles. The van der Waals surface area contributed by atoms with Crippen molar-refractivity contribution in [2.45, 2.75) is 45.4 Å². The average Bonchev–Trinajstić information content (AvgIpc) is 3.27. The van der Waals surface area contributed by atoms with E-state index in [-0.39, 0.29) is 11.8 Å². The second-order valence-corrected chi connectivity index (χ2v) is 7.57. The maximum absolute atomic E-state index is 11.9. The van der Waals surface area contributed by atoms with E-state index in [0.717, 1.165) is 18.7 Å². The van der Waals surface area contributed by atoms with Crippen LogP contribution in [0.4, 0.5) is 0 Å². The summed E-state index contributed by atoms with van der Waals surface area (Å²) >= 11 is 0. The van der Waals surface area contributed by atoms with Crippen molar-refractivity contribution in [1.29, 1.82) is 0 Å². The largest absolute Gasteiger partial charge is 0.481 e. The van der Waals surface area contributed by atoms with Crippen molar-refractivity contribution >= 4 is 5.97 Å². The number of carboxylic acid groups (broad SMARTS) is 1. The first-order chi connectivity index (χ1) is 12.5. The highest BCUT2D eigenvalue weighted by Crippen LogP contribution is 2.33. The molecule has 2 heterocycles. The smallest absolute Gasteiger partial charge is 0.307 e. The number of H-pyrrole nitrogens is 1. The standard InChI is InChI=1S/C19H27N5O2/c1-11(2)17(19(25)26)16(18-21-23-24-22-18)9-13-4-5-15(12(3)8-13)14-6-7-20-10-14/h4-5,8,11,14,16-17,20H,6-7,9-10H2,1-3H3,(H,25,26)(H,21,22,23,24)/t14?,16-,17-/m0/s1. The van der Waals surface area contributed by atoms with Crippen LogP contribution in [-0.4, -0.2) is 44.8 Å². The highest BCUT2D eigenvalue weighted by atomic mass is 16.4. The number of carboxylic acids is 1. The Labute approximate surface area is 153 Å². The van der Waals surface area contributed by atoms with Crippen LogP contribution in [0.25, 0.3) is 0 Å². The first-order valence-electron chi connectivity index (χ1n) is 9.23. The second kappa shape index (κ2) is 7.95. The van der Waals surface area contributed by atoms with Crippen molar-refractivity contribution in [3.63, 3.8) is 0 Å². The number of hydrogen-bond donors (Lipinski definition) is 3. The third-order valence-electron chi connectivity index (χ3n) is 5.42. The topological polar surface area (TPSA) is 104 Å². The van der Waals surface area contributed by atoms with Crippen molar-refractivity contribution in [3.05, 3.63) is 40.7 Å². The van der Waals surface area contributed by atoms with E-state index < -0.39 is 11.9 Å². The van der Waals surface area contributed by atoms with Crippen LogP contribution >= 0.6 is 0 Å². The Morgan fingerprint density at radius 2 is 2.19 bits per heavy atom. The first kappa shape index (κ1) is 18.5. The molecule has 7 nitrogen and oxygen atoms in total. The predicted molar refractivity (Wildman–Crippen MR) is 98.0 cm³/mol. The minimum atomic E-state index is -0.819. The van der Waals surface area contributed by atoms with Gasteiger partial charge in [-0.1, -0.05) is 37.3 Å². The molecular formula is C19H27N5O2. The molecule has 3 rings (SSSR count). The molecule has 0 radical (unpaired) electrons. The van der Waals surface area contributed by atoms with Gasteiger partial charge >= 0.3 is 5.97 Å². The van der Waals surface area contributed by atoms with Gasteiger partial charge in [0.15, 0.2) is 5.82 Å². The van der Waals surface area contributed by atoms with Crippen molar-refractivity contribution < 1.29 is 9.90 Å². The van der Waals surface area contributed by atoms with Gasteiger partial charge in [-0.3, -0.25) is 4.79 Å². The summed E-state index contributed by atoms with van der Waals surface area (Å²) in [5.41, 5.74) is 3.76. The average molecular weight is 357 g/mol. The van der Waals surface area contributed by atoms with E-state index in [1.165, 1.54) is 17.5 Å². The zero-order valence-corrected chi connectivity index (χ0v) is 15.6. The van der Waals surface area contributed by atoms with Crippen LogP contribution in [0.3, 0.4) is 0 Å². The van der Waals surface area contributed by atoms with Gasteiger partial charge in [0.05, 0.1) is 5.92 Å². The zero-order valence-electron chi connectivity index (χ0n) is 15.6. The molecule has 1 aliphatic heterocycles. The van der Waals surface area contributed by atoms with E-state index >= 15 is 0 Å². The van der Waals surface area contributed by atoms with Gasteiger partial charge in [-0.15, -0.1) is 10.2 Å². The Morgan fingerprint density at radius 1 is 1.38 bits per heavy atom. The number of nitrogens with one attached hydrogen (secondary N) is 2. The third kappa shape index (κ3) is 3.93. The Morgan fingerprint density at radius 3 is 2.73 bits per heavy atom. The van der Waals surface area contributed by atoms with Crippen molar-refractivity contribution in [1.82, 2.24) is 25.9 Å². The first-order valence-corrected chi connectivity index (χ1v) is 9.23. The number of nitrogens with zero attached hydrogens (tertiary/aromatic N) is 3. The van der Waals surface area contributed by atoms with Gasteiger partial charge in [-0.25, -0.2) is 0 Å². The van der Waals surface area contributed by atoms with Gasteiger partial charge in [0.1, 0.15) is 0 Å². The van der Waals surface area contributed by atoms with Crippen LogP contribution < -0.4 is 5.32 Å². The van der Waals surface area contributed by atoms with E-state index in [0.29, 0.717) is 18.2 Å². The molecule has 7 heteroatoms. The number of aromatic amines is 1. The minimum absolute atomic E-state index is 0.0269. The number of benzene rings is 1. The summed E-state index contributed by atoms with van der Waals surface area (Å²) in [6.07, 6.45) is 1.75. The van der Waals surface area contributed by atoms with Crippen LogP contribution in [0, 0.1) is 18.8 Å². The fourth-order valence-corrected chi connectivity index (χ4v) is 4.12. The maximum Gasteiger partial charge on any atom is 0.307 e. The molecule has 26 heavy (non-hydrogen) atoms. The molecule has 140 valence electrons. The molecular weight excluding hydrogens is 330 g/mol. The SMILES string of the molecule is Cc1cc(C[C@H](c2nn[nH]n2)[C@@H](C(=O)O)C(C)C)ccc1C1CCNC1. The Bertz CT molecular complexity index is 738. The summed E-state index contributed by atoms with van der Waals surface area (Å²) in [6, 6.07) is 6.49. The van der Waals surface area contributed by atoms with E-state index in [4.69, 9.17) is 0 Å². The number of aromatic nitrogens is 4. The molecule has 1 aromatic carbocycles. The molecule has 0 spiro atoms. The summed E-state index contributed by atoms with van der Waals surface area (Å²) in [5, 5.41) is 27.4. The minimum Gasteiger partial charge on any atom is -0.481 e. The molecule has 0 amide bonds. The Balaban J connectivity index is 1.87. The van der Waals surface area contributed by atoms with Crippen molar-refractivity contribution in [2.24, 2.45) is 11.8 Å². The molecule has 1 saturated heterocycles. The van der Waals surface area contributed by atoms with Gasteiger partial charge in [-0.05, 0) is 54.8 Å². The summed E-state index contributed by atoms with van der Waals surface area (Å²) in [5.74, 6) is -0.690. The van der Waals surface area contributed by atoms with E-state index in [1.54, 1.807) is 0 Å². The van der Waals surface area contributed by atoms with Crippen LogP contribution in [0.15, 0.2) is 18.2 Å². The highest BCUT2D eigenvalue weighted by Gasteiger charge is 2.35. The lowest BCUT2D eigenvalue weighted by Gasteiger charge is -2.25. The summed E-state index contributed by atoms with van der Waals surface area (Å²) in [4.78, 5) is 11.9. The number of carbonyl (C=O) groups is 1. The number of hydrogen-bond acceptors (Lipinski definition) is 5. The number of aliphatic carboxylic acids is 1. The van der Waals surface area contributed by atoms with E-state index in [1.807, 2.05) is 13.8 Å². The van der Waals surface area contributed by atoms with Crippen LogP contribution in [0.1, 0.15) is 54.6 Å². The van der Waals surface area contributed by atoms with Gasteiger partial charge in [0.25, 0.3) is 0 Å². The third-order valence-corrected chi connectivity index (χ3v) is 5.42. The van der Waals surface area contributed by atoms with E-state index in [2.05, 4.69) is 51.1 Å². The second-order valence-electron chi connectivity index (χ2n) is 7.57. The predicted octanol–water partition coefficient (Wildman–Crippen LogP) is 2.27. The quantitative estimate of drug-likeness (QED) is 0.702. The van der Waals surface area contributed by atoms with Crippen LogP contribution in [0.5, 0.6) is 0 Å². The lowest BCUT2D eigenvalue weighted by Crippen LogP contribution is -2.29.